The summed E-state index contributed by atoms with van der Waals surface area (Å²) in [5.74, 6) is 0. The fourth-order valence-corrected chi connectivity index (χ4v) is 1.17. The highest BCUT2D eigenvalue weighted by Crippen LogP contribution is 2.22. The van der Waals surface area contributed by atoms with E-state index >= 15 is 0 Å². The summed E-state index contributed by atoms with van der Waals surface area (Å²) >= 11 is 0. The standard InChI is InChI=1S/C9H8N/c1-2-6-9-8(4-1)5-3-7-10-9/h1,4,6-7H,3,5H2. The maximum absolute atomic E-state index is 4.24. The molecular weight excluding hydrogens is 122 g/mol. The van der Waals surface area contributed by atoms with Gasteiger partial charge in [0.2, 0.25) is 0 Å². The molecule has 1 heterocycles. The molecule has 0 fully saturated rings. The van der Waals surface area contributed by atoms with Crippen LogP contribution in [0.4, 0.5) is 5.69 Å². The van der Waals surface area contributed by atoms with Crippen LogP contribution in [0.3, 0.4) is 0 Å². The number of hydrogen-bond acceptors (Lipinski definition) is 1. The molecule has 1 radical (unpaired) electrons. The molecular formula is C9H8N. The third-order valence-corrected chi connectivity index (χ3v) is 1.70. The van der Waals surface area contributed by atoms with Crippen molar-refractivity contribution >= 4 is 11.9 Å². The second-order valence-corrected chi connectivity index (χ2v) is 2.41. The summed E-state index contributed by atoms with van der Waals surface area (Å²) in [6.07, 6.45) is 4.18. The predicted octanol–water partition coefficient (Wildman–Crippen LogP) is 2.14. The molecule has 0 saturated heterocycles. The molecule has 0 amide bonds. The minimum absolute atomic E-state index is 1.08. The average Bonchev–Trinajstić information content (AvgIpc) is 2.05. The first-order valence-electron chi connectivity index (χ1n) is 3.48. The summed E-state index contributed by atoms with van der Waals surface area (Å²) in [5.41, 5.74) is 2.44. The maximum atomic E-state index is 4.24. The second-order valence-electron chi connectivity index (χ2n) is 2.41. The normalized spacial score (nSPS) is 14.8. The Hall–Kier alpha value is -1.11. The van der Waals surface area contributed by atoms with Crippen molar-refractivity contribution in [1.29, 1.82) is 0 Å². The first-order valence-corrected chi connectivity index (χ1v) is 3.48. The van der Waals surface area contributed by atoms with Gasteiger partial charge in [-0.1, -0.05) is 12.1 Å². The van der Waals surface area contributed by atoms with Gasteiger partial charge >= 0.3 is 0 Å². The zero-order valence-electron chi connectivity index (χ0n) is 5.67. The summed E-state index contributed by atoms with van der Waals surface area (Å²) in [6, 6.07) is 8.98. The molecule has 0 atom stereocenters. The van der Waals surface area contributed by atoms with Gasteiger partial charge in [-0.2, -0.15) is 0 Å². The smallest absolute Gasteiger partial charge is 0.0663 e. The van der Waals surface area contributed by atoms with E-state index in [1.165, 1.54) is 5.56 Å². The molecule has 10 heavy (non-hydrogen) atoms. The van der Waals surface area contributed by atoms with Crippen molar-refractivity contribution in [2.45, 2.75) is 12.8 Å². The Kier molecular flexibility index (Phi) is 1.28. The number of rotatable bonds is 0. The molecule has 0 unspecified atom stereocenters. The van der Waals surface area contributed by atoms with E-state index in [2.05, 4.69) is 17.1 Å². The molecule has 0 saturated carbocycles. The van der Waals surface area contributed by atoms with Crippen molar-refractivity contribution in [2.75, 3.05) is 0 Å². The van der Waals surface area contributed by atoms with E-state index in [0.717, 1.165) is 18.5 Å². The SMILES string of the molecule is [c]1ccc2c(c1)N=CCC2. The van der Waals surface area contributed by atoms with Gasteiger partial charge in [0, 0.05) is 6.21 Å². The predicted molar refractivity (Wildman–Crippen MR) is 41.8 cm³/mol. The van der Waals surface area contributed by atoms with E-state index in [1.54, 1.807) is 0 Å². The fourth-order valence-electron chi connectivity index (χ4n) is 1.17. The summed E-state index contributed by atoms with van der Waals surface area (Å²) in [7, 11) is 0. The number of hydrogen-bond donors (Lipinski definition) is 0. The van der Waals surface area contributed by atoms with Crippen molar-refractivity contribution < 1.29 is 0 Å². The van der Waals surface area contributed by atoms with Crippen LogP contribution in [0.5, 0.6) is 0 Å². The Morgan fingerprint density at radius 1 is 1.50 bits per heavy atom. The molecule has 1 nitrogen and oxygen atoms in total. The van der Waals surface area contributed by atoms with Crippen molar-refractivity contribution in [3.8, 4) is 0 Å². The lowest BCUT2D eigenvalue weighted by molar-refractivity contribution is 1.03. The first kappa shape index (κ1) is 5.66. The van der Waals surface area contributed by atoms with Gasteiger partial charge in [0.05, 0.1) is 5.69 Å². The highest BCUT2D eigenvalue weighted by Gasteiger charge is 2.01. The number of aliphatic imine (C=N–C) groups is 1. The molecule has 1 aromatic rings. The van der Waals surface area contributed by atoms with Crippen LogP contribution in [-0.2, 0) is 6.42 Å². The summed E-state index contributed by atoms with van der Waals surface area (Å²) < 4.78 is 0. The van der Waals surface area contributed by atoms with Gasteiger partial charge in [-0.05, 0) is 30.5 Å². The fraction of sp³-hybridized carbons (Fsp3) is 0.222. The maximum Gasteiger partial charge on any atom is 0.0663 e. The van der Waals surface area contributed by atoms with Gasteiger partial charge in [-0.15, -0.1) is 0 Å². The summed E-state index contributed by atoms with van der Waals surface area (Å²) in [4.78, 5) is 4.24. The van der Waals surface area contributed by atoms with Crippen molar-refractivity contribution in [2.24, 2.45) is 4.99 Å². The average molecular weight is 130 g/mol. The van der Waals surface area contributed by atoms with Gasteiger partial charge < -0.3 is 0 Å². The van der Waals surface area contributed by atoms with Gasteiger partial charge in [-0.25, -0.2) is 0 Å². The van der Waals surface area contributed by atoms with Crippen LogP contribution < -0.4 is 0 Å². The number of aryl methyl sites for hydroxylation is 1. The second kappa shape index (κ2) is 2.25. The van der Waals surface area contributed by atoms with Crippen LogP contribution in [0.1, 0.15) is 12.0 Å². The van der Waals surface area contributed by atoms with Crippen molar-refractivity contribution in [3.63, 3.8) is 0 Å². The zero-order chi connectivity index (χ0) is 6.81. The lowest BCUT2D eigenvalue weighted by Gasteiger charge is -2.06. The molecule has 0 bridgehead atoms. The highest BCUT2D eigenvalue weighted by atomic mass is 14.7. The largest absolute Gasteiger partial charge is 0.261 e. The molecule has 49 valence electrons. The molecule has 0 aliphatic carbocycles. The number of nitrogens with zero attached hydrogens (tertiary/aromatic N) is 1. The monoisotopic (exact) mass is 130 g/mol. The quantitative estimate of drug-likeness (QED) is 0.510. The first-order chi connectivity index (χ1) is 4.97. The van der Waals surface area contributed by atoms with Crippen LogP contribution in [0.2, 0.25) is 0 Å². The lowest BCUT2D eigenvalue weighted by atomic mass is 10.1. The zero-order valence-corrected chi connectivity index (χ0v) is 5.67. The highest BCUT2D eigenvalue weighted by molar-refractivity contribution is 5.68. The van der Waals surface area contributed by atoms with Crippen LogP contribution in [0, 0.1) is 6.07 Å². The van der Waals surface area contributed by atoms with Gasteiger partial charge in [0.1, 0.15) is 0 Å². The van der Waals surface area contributed by atoms with Crippen LogP contribution in [-0.4, -0.2) is 6.21 Å². The molecule has 1 heteroatoms. The van der Waals surface area contributed by atoms with Gasteiger partial charge in [0.15, 0.2) is 0 Å². The van der Waals surface area contributed by atoms with Gasteiger partial charge in [-0.3, -0.25) is 4.99 Å². The molecule has 2 rings (SSSR count). The molecule has 0 N–H and O–H groups in total. The third-order valence-electron chi connectivity index (χ3n) is 1.70. The van der Waals surface area contributed by atoms with Crippen LogP contribution in [0.15, 0.2) is 23.2 Å². The summed E-state index contributed by atoms with van der Waals surface area (Å²) in [6.45, 7) is 0. The van der Waals surface area contributed by atoms with E-state index < -0.39 is 0 Å². The Bertz CT molecular complexity index is 263. The molecule has 1 aliphatic heterocycles. The van der Waals surface area contributed by atoms with Crippen LogP contribution >= 0.6 is 0 Å². The molecule has 1 aliphatic rings. The minimum Gasteiger partial charge on any atom is -0.261 e. The van der Waals surface area contributed by atoms with E-state index in [0.29, 0.717) is 0 Å². The number of benzene rings is 1. The molecule has 0 aromatic heterocycles. The Morgan fingerprint density at radius 3 is 3.40 bits per heavy atom. The molecule has 1 aromatic carbocycles. The number of fused-ring (bicyclic) bond motifs is 1. The van der Waals surface area contributed by atoms with E-state index in [4.69, 9.17) is 0 Å². The van der Waals surface area contributed by atoms with E-state index in [1.807, 2.05) is 18.3 Å². The third kappa shape index (κ3) is 0.838. The van der Waals surface area contributed by atoms with Crippen molar-refractivity contribution in [1.82, 2.24) is 0 Å². The van der Waals surface area contributed by atoms with Crippen LogP contribution in [0.25, 0.3) is 0 Å². The Morgan fingerprint density at radius 2 is 2.50 bits per heavy atom. The summed E-state index contributed by atoms with van der Waals surface area (Å²) in [5, 5.41) is 0. The van der Waals surface area contributed by atoms with Crippen molar-refractivity contribution in [3.05, 3.63) is 29.8 Å². The Balaban J connectivity index is 2.54. The van der Waals surface area contributed by atoms with E-state index in [9.17, 15) is 0 Å². The van der Waals surface area contributed by atoms with E-state index in [-0.39, 0.29) is 0 Å². The lowest BCUT2D eigenvalue weighted by Crippen LogP contribution is -1.91. The van der Waals surface area contributed by atoms with Gasteiger partial charge in [0.25, 0.3) is 0 Å². The minimum atomic E-state index is 1.08. The molecule has 0 spiro atoms. The Labute approximate surface area is 60.4 Å². The topological polar surface area (TPSA) is 12.4 Å².